The van der Waals surface area contributed by atoms with Crippen LogP contribution in [0.3, 0.4) is 0 Å². The zero-order valence-electron chi connectivity index (χ0n) is 11.6. The van der Waals surface area contributed by atoms with Crippen LogP contribution in [-0.4, -0.2) is 19.2 Å². The van der Waals surface area contributed by atoms with Crippen LogP contribution in [0.4, 0.5) is 0 Å². The van der Waals surface area contributed by atoms with Crippen LogP contribution in [0.5, 0.6) is 5.75 Å². The average molecular weight is 247 g/mol. The molecule has 0 radical (unpaired) electrons. The highest BCUT2D eigenvalue weighted by Gasteiger charge is 2.24. The van der Waals surface area contributed by atoms with E-state index in [4.69, 9.17) is 4.74 Å². The molecule has 1 aromatic carbocycles. The molecule has 0 bridgehead atoms. The predicted molar refractivity (Wildman–Crippen MR) is 75.9 cm³/mol. The van der Waals surface area contributed by atoms with Gasteiger partial charge in [0.05, 0.1) is 0 Å². The highest BCUT2D eigenvalue weighted by molar-refractivity contribution is 5.20. The average Bonchev–Trinajstić information content (AvgIpc) is 2.40. The molecule has 0 heterocycles. The van der Waals surface area contributed by atoms with Crippen LogP contribution in [-0.2, 0) is 0 Å². The second-order valence-corrected chi connectivity index (χ2v) is 5.62. The van der Waals surface area contributed by atoms with E-state index >= 15 is 0 Å². The molecule has 0 amide bonds. The number of rotatable bonds is 5. The molecule has 0 aromatic heterocycles. The first kappa shape index (κ1) is 13.4. The minimum atomic E-state index is 0.674. The van der Waals surface area contributed by atoms with Crippen LogP contribution in [0, 0.1) is 11.8 Å². The molecule has 0 aliphatic heterocycles. The van der Waals surface area contributed by atoms with Gasteiger partial charge in [-0.3, -0.25) is 0 Å². The quantitative estimate of drug-likeness (QED) is 0.804. The fourth-order valence-corrected chi connectivity index (χ4v) is 2.75. The van der Waals surface area contributed by atoms with Gasteiger partial charge in [0, 0.05) is 12.6 Å². The highest BCUT2D eigenvalue weighted by atomic mass is 16.5. The van der Waals surface area contributed by atoms with Gasteiger partial charge in [-0.2, -0.15) is 0 Å². The van der Waals surface area contributed by atoms with Crippen molar-refractivity contribution in [3.8, 4) is 5.75 Å². The van der Waals surface area contributed by atoms with Crippen LogP contribution in [0.2, 0.25) is 0 Å². The third-order valence-electron chi connectivity index (χ3n) is 3.98. The Morgan fingerprint density at radius 3 is 2.72 bits per heavy atom. The van der Waals surface area contributed by atoms with Gasteiger partial charge in [-0.15, -0.1) is 0 Å². The van der Waals surface area contributed by atoms with E-state index in [1.165, 1.54) is 19.3 Å². The molecule has 1 aliphatic carbocycles. The van der Waals surface area contributed by atoms with Gasteiger partial charge in [0.25, 0.3) is 0 Å². The second-order valence-electron chi connectivity index (χ2n) is 5.62. The zero-order valence-corrected chi connectivity index (χ0v) is 11.6. The highest BCUT2D eigenvalue weighted by Crippen LogP contribution is 2.28. The Labute approximate surface area is 111 Å². The predicted octanol–water partition coefficient (Wildman–Crippen LogP) is 3.48. The molecule has 0 saturated heterocycles. The monoisotopic (exact) mass is 247 g/mol. The molecule has 0 spiro atoms. The Balaban J connectivity index is 1.66. The van der Waals surface area contributed by atoms with E-state index in [2.05, 4.69) is 19.2 Å². The molecule has 1 saturated carbocycles. The van der Waals surface area contributed by atoms with Crippen molar-refractivity contribution in [2.24, 2.45) is 11.8 Å². The van der Waals surface area contributed by atoms with E-state index in [-0.39, 0.29) is 0 Å². The molecule has 3 atom stereocenters. The number of para-hydroxylation sites is 1. The molecule has 3 unspecified atom stereocenters. The smallest absolute Gasteiger partial charge is 0.119 e. The molecule has 18 heavy (non-hydrogen) atoms. The molecule has 2 nitrogen and oxygen atoms in total. The molecule has 1 N–H and O–H groups in total. The van der Waals surface area contributed by atoms with Gasteiger partial charge in [0.1, 0.15) is 12.4 Å². The second kappa shape index (κ2) is 6.79. The minimum Gasteiger partial charge on any atom is -0.492 e. The van der Waals surface area contributed by atoms with Crippen molar-refractivity contribution < 1.29 is 4.74 Å². The molecule has 1 aliphatic rings. The Kier molecular flexibility index (Phi) is 5.06. The summed E-state index contributed by atoms with van der Waals surface area (Å²) in [5.41, 5.74) is 0. The van der Waals surface area contributed by atoms with Gasteiger partial charge in [-0.05, 0) is 36.8 Å². The van der Waals surface area contributed by atoms with Crippen molar-refractivity contribution in [1.82, 2.24) is 5.32 Å². The van der Waals surface area contributed by atoms with Gasteiger partial charge >= 0.3 is 0 Å². The lowest BCUT2D eigenvalue weighted by atomic mass is 9.80. The van der Waals surface area contributed by atoms with Crippen molar-refractivity contribution in [2.45, 2.75) is 39.2 Å². The summed E-state index contributed by atoms with van der Waals surface area (Å²) in [6.45, 7) is 6.42. The molecule has 1 aromatic rings. The Morgan fingerprint density at radius 2 is 1.94 bits per heavy atom. The van der Waals surface area contributed by atoms with Gasteiger partial charge in [-0.1, -0.05) is 38.5 Å². The number of nitrogens with one attached hydrogen (secondary N) is 1. The Bertz CT molecular complexity index is 338. The Morgan fingerprint density at radius 1 is 1.17 bits per heavy atom. The number of ether oxygens (including phenoxy) is 1. The van der Waals surface area contributed by atoms with Gasteiger partial charge < -0.3 is 10.1 Å². The van der Waals surface area contributed by atoms with Crippen LogP contribution < -0.4 is 10.1 Å². The fourth-order valence-electron chi connectivity index (χ4n) is 2.75. The fraction of sp³-hybridized carbons (Fsp3) is 0.625. The summed E-state index contributed by atoms with van der Waals surface area (Å²) in [6, 6.07) is 10.7. The van der Waals surface area contributed by atoms with Gasteiger partial charge in [-0.25, -0.2) is 0 Å². The van der Waals surface area contributed by atoms with E-state index in [9.17, 15) is 0 Å². The van der Waals surface area contributed by atoms with E-state index in [0.29, 0.717) is 6.04 Å². The first-order valence-electron chi connectivity index (χ1n) is 7.17. The lowest BCUT2D eigenvalue weighted by Gasteiger charge is -2.33. The zero-order chi connectivity index (χ0) is 12.8. The normalized spacial score (nSPS) is 28.0. The first-order valence-corrected chi connectivity index (χ1v) is 7.17. The van der Waals surface area contributed by atoms with E-state index in [0.717, 1.165) is 30.7 Å². The summed E-state index contributed by atoms with van der Waals surface area (Å²) in [7, 11) is 0. The van der Waals surface area contributed by atoms with Crippen molar-refractivity contribution in [3.05, 3.63) is 30.3 Å². The molecular formula is C16H25NO. The third-order valence-corrected chi connectivity index (χ3v) is 3.98. The van der Waals surface area contributed by atoms with E-state index < -0.39 is 0 Å². The Hall–Kier alpha value is -1.02. The first-order chi connectivity index (χ1) is 8.75. The van der Waals surface area contributed by atoms with Crippen molar-refractivity contribution in [2.75, 3.05) is 13.2 Å². The number of benzene rings is 1. The maximum Gasteiger partial charge on any atom is 0.119 e. The van der Waals surface area contributed by atoms with Crippen LogP contribution in [0.25, 0.3) is 0 Å². The van der Waals surface area contributed by atoms with Crippen molar-refractivity contribution in [1.29, 1.82) is 0 Å². The van der Waals surface area contributed by atoms with Crippen LogP contribution in [0.1, 0.15) is 33.1 Å². The summed E-state index contributed by atoms with van der Waals surface area (Å²) >= 11 is 0. The minimum absolute atomic E-state index is 0.674. The third kappa shape index (κ3) is 4.02. The van der Waals surface area contributed by atoms with Crippen LogP contribution in [0.15, 0.2) is 30.3 Å². The molecular weight excluding hydrogens is 222 g/mol. The lowest BCUT2D eigenvalue weighted by molar-refractivity contribution is 0.215. The molecule has 100 valence electrons. The maximum absolute atomic E-state index is 5.70. The van der Waals surface area contributed by atoms with Crippen LogP contribution >= 0.6 is 0 Å². The van der Waals surface area contributed by atoms with Crippen molar-refractivity contribution in [3.63, 3.8) is 0 Å². The summed E-state index contributed by atoms with van der Waals surface area (Å²) in [6.07, 6.45) is 4.06. The molecule has 2 rings (SSSR count). The summed E-state index contributed by atoms with van der Waals surface area (Å²) < 4.78 is 5.70. The van der Waals surface area contributed by atoms with Crippen molar-refractivity contribution >= 4 is 0 Å². The van der Waals surface area contributed by atoms with Gasteiger partial charge in [0.2, 0.25) is 0 Å². The molecule has 2 heteroatoms. The topological polar surface area (TPSA) is 21.3 Å². The summed E-state index contributed by atoms with van der Waals surface area (Å²) in [4.78, 5) is 0. The van der Waals surface area contributed by atoms with E-state index in [1.807, 2.05) is 30.3 Å². The standard InChI is InChI=1S/C16H25NO/c1-13-8-9-14(2)16(12-13)17-10-11-18-15-6-4-3-5-7-15/h3-7,13-14,16-17H,8-12H2,1-2H3. The molecule has 1 fully saturated rings. The number of hydrogen-bond acceptors (Lipinski definition) is 2. The SMILES string of the molecule is CC1CCC(C)C(NCCOc2ccccc2)C1. The van der Waals surface area contributed by atoms with E-state index in [1.54, 1.807) is 0 Å². The lowest BCUT2D eigenvalue weighted by Crippen LogP contribution is -2.41. The number of hydrogen-bond donors (Lipinski definition) is 1. The maximum atomic E-state index is 5.70. The largest absolute Gasteiger partial charge is 0.492 e. The summed E-state index contributed by atoms with van der Waals surface area (Å²) in [5, 5.41) is 3.65. The summed E-state index contributed by atoms with van der Waals surface area (Å²) in [5.74, 6) is 2.64. The van der Waals surface area contributed by atoms with Gasteiger partial charge in [0.15, 0.2) is 0 Å².